The molecule has 0 bridgehead atoms. The Morgan fingerprint density at radius 3 is 2.64 bits per heavy atom. The molecule has 0 N–H and O–H groups in total. The Morgan fingerprint density at radius 2 is 2.00 bits per heavy atom. The minimum absolute atomic E-state index is 0.438. The van der Waals surface area contributed by atoms with Crippen LogP contribution >= 0.6 is 0 Å². The van der Waals surface area contributed by atoms with Gasteiger partial charge in [0, 0.05) is 5.92 Å². The number of hydrogen-bond acceptors (Lipinski definition) is 1. The fourth-order valence-corrected chi connectivity index (χ4v) is 2.83. The van der Waals surface area contributed by atoms with Crippen molar-refractivity contribution >= 4 is 5.78 Å². The summed E-state index contributed by atoms with van der Waals surface area (Å²) in [5, 5.41) is 0. The van der Waals surface area contributed by atoms with Crippen molar-refractivity contribution in [2.24, 2.45) is 17.8 Å². The van der Waals surface area contributed by atoms with Crippen molar-refractivity contribution in [2.45, 2.75) is 39.0 Å². The Kier molecular flexibility index (Phi) is 1.74. The van der Waals surface area contributed by atoms with Crippen LogP contribution < -0.4 is 0 Å². The Balaban J connectivity index is 1.96. The number of rotatable bonds is 1. The van der Waals surface area contributed by atoms with E-state index < -0.39 is 0 Å². The fraction of sp³-hybridized carbons (Fsp3) is 0.900. The molecule has 0 unspecified atom stereocenters. The van der Waals surface area contributed by atoms with Crippen molar-refractivity contribution in [1.29, 1.82) is 0 Å². The second-order valence-corrected chi connectivity index (χ2v) is 4.16. The molecule has 2 saturated carbocycles. The second kappa shape index (κ2) is 2.62. The van der Waals surface area contributed by atoms with E-state index >= 15 is 0 Å². The molecule has 2 aliphatic carbocycles. The summed E-state index contributed by atoms with van der Waals surface area (Å²) in [6, 6.07) is 0. The Hall–Kier alpha value is -0.330. The third-order valence-electron chi connectivity index (χ3n) is 3.56. The number of fused-ring (bicyclic) bond motifs is 1. The third kappa shape index (κ3) is 1.11. The van der Waals surface area contributed by atoms with Gasteiger partial charge in [-0.3, -0.25) is 4.79 Å². The van der Waals surface area contributed by atoms with Crippen LogP contribution in [0.25, 0.3) is 0 Å². The molecule has 1 nitrogen and oxygen atoms in total. The lowest BCUT2D eigenvalue weighted by Gasteiger charge is -2.46. The normalized spacial score (nSPS) is 42.5. The van der Waals surface area contributed by atoms with Gasteiger partial charge in [-0.1, -0.05) is 19.3 Å². The Morgan fingerprint density at radius 1 is 1.27 bits per heavy atom. The maximum absolute atomic E-state index is 11.1. The Bertz CT molecular complexity index is 174. The first-order valence-electron chi connectivity index (χ1n) is 4.79. The summed E-state index contributed by atoms with van der Waals surface area (Å²) >= 11 is 0. The number of hydrogen-bond donors (Lipinski definition) is 0. The van der Waals surface area contributed by atoms with E-state index in [2.05, 4.69) is 0 Å². The third-order valence-corrected chi connectivity index (χ3v) is 3.56. The summed E-state index contributed by atoms with van der Waals surface area (Å²) in [4.78, 5) is 11.1. The van der Waals surface area contributed by atoms with Gasteiger partial charge in [-0.15, -0.1) is 0 Å². The maximum Gasteiger partial charge on any atom is 0.133 e. The van der Waals surface area contributed by atoms with E-state index in [1.54, 1.807) is 6.92 Å². The van der Waals surface area contributed by atoms with E-state index in [4.69, 9.17) is 0 Å². The second-order valence-electron chi connectivity index (χ2n) is 4.16. The zero-order valence-electron chi connectivity index (χ0n) is 7.18. The van der Waals surface area contributed by atoms with Crippen LogP contribution in [0.2, 0.25) is 0 Å². The summed E-state index contributed by atoms with van der Waals surface area (Å²) in [7, 11) is 0. The van der Waals surface area contributed by atoms with E-state index in [1.165, 1.54) is 32.1 Å². The number of Topliss-reactive ketones (excluding diaryl/α,β-unsaturated/α-hetero) is 1. The number of carbonyl (C=O) groups is 1. The SMILES string of the molecule is CC(=O)[C@@H]1C[C@H]2CCCC[C@H]21. The zero-order valence-corrected chi connectivity index (χ0v) is 7.18. The van der Waals surface area contributed by atoms with Crippen LogP contribution in [0.15, 0.2) is 0 Å². The van der Waals surface area contributed by atoms with Crippen molar-refractivity contribution in [3.8, 4) is 0 Å². The van der Waals surface area contributed by atoms with Crippen LogP contribution in [0, 0.1) is 17.8 Å². The van der Waals surface area contributed by atoms with E-state index in [1.807, 2.05) is 0 Å². The Labute approximate surface area is 68.2 Å². The quantitative estimate of drug-likeness (QED) is 0.564. The highest BCUT2D eigenvalue weighted by Gasteiger charge is 2.43. The van der Waals surface area contributed by atoms with Crippen molar-refractivity contribution in [2.75, 3.05) is 0 Å². The molecule has 0 heterocycles. The monoisotopic (exact) mass is 152 g/mol. The molecule has 0 saturated heterocycles. The van der Waals surface area contributed by atoms with E-state index in [0.29, 0.717) is 11.7 Å². The van der Waals surface area contributed by atoms with Crippen LogP contribution in [-0.4, -0.2) is 5.78 Å². The summed E-state index contributed by atoms with van der Waals surface area (Å²) in [5.74, 6) is 2.62. The largest absolute Gasteiger partial charge is 0.300 e. The maximum atomic E-state index is 11.1. The lowest BCUT2D eigenvalue weighted by atomic mass is 9.57. The minimum Gasteiger partial charge on any atom is -0.300 e. The van der Waals surface area contributed by atoms with Crippen LogP contribution in [-0.2, 0) is 4.79 Å². The van der Waals surface area contributed by atoms with Gasteiger partial charge in [0.1, 0.15) is 5.78 Å². The summed E-state index contributed by atoms with van der Waals surface area (Å²) in [6.07, 6.45) is 6.71. The molecule has 2 fully saturated rings. The zero-order chi connectivity index (χ0) is 7.84. The van der Waals surface area contributed by atoms with E-state index in [-0.39, 0.29) is 0 Å². The first-order chi connectivity index (χ1) is 5.29. The highest BCUT2D eigenvalue weighted by Crippen LogP contribution is 2.49. The summed E-state index contributed by atoms with van der Waals surface area (Å²) in [5.41, 5.74) is 0. The summed E-state index contributed by atoms with van der Waals surface area (Å²) in [6.45, 7) is 1.76. The first-order valence-corrected chi connectivity index (χ1v) is 4.79. The standard InChI is InChI=1S/C10H16O/c1-7(11)10-6-8-4-2-3-5-9(8)10/h8-10H,2-6H2,1H3/t8-,9-,10+/m1/s1. The van der Waals surface area contributed by atoms with Crippen molar-refractivity contribution in [3.63, 3.8) is 0 Å². The van der Waals surface area contributed by atoms with Crippen LogP contribution in [0.4, 0.5) is 0 Å². The van der Waals surface area contributed by atoms with Gasteiger partial charge >= 0.3 is 0 Å². The molecular weight excluding hydrogens is 136 g/mol. The van der Waals surface area contributed by atoms with E-state index in [9.17, 15) is 4.79 Å². The predicted octanol–water partition coefficient (Wildman–Crippen LogP) is 2.40. The first kappa shape index (κ1) is 7.33. The molecule has 0 aromatic rings. The average molecular weight is 152 g/mol. The molecule has 2 rings (SSSR count). The molecule has 0 amide bonds. The van der Waals surface area contributed by atoms with Crippen molar-refractivity contribution in [3.05, 3.63) is 0 Å². The molecule has 0 spiro atoms. The van der Waals surface area contributed by atoms with Gasteiger partial charge in [-0.25, -0.2) is 0 Å². The lowest BCUT2D eigenvalue weighted by molar-refractivity contribution is -0.130. The van der Waals surface area contributed by atoms with Crippen LogP contribution in [0.3, 0.4) is 0 Å². The lowest BCUT2D eigenvalue weighted by Crippen LogP contribution is -2.42. The molecule has 0 aromatic carbocycles. The molecule has 3 atom stereocenters. The highest BCUT2D eigenvalue weighted by molar-refractivity contribution is 5.79. The molecule has 1 heteroatoms. The fourth-order valence-electron chi connectivity index (χ4n) is 2.83. The average Bonchev–Trinajstić information content (AvgIpc) is 1.90. The van der Waals surface area contributed by atoms with Crippen molar-refractivity contribution < 1.29 is 4.79 Å². The van der Waals surface area contributed by atoms with Gasteiger partial charge in [0.05, 0.1) is 0 Å². The van der Waals surface area contributed by atoms with Crippen molar-refractivity contribution in [1.82, 2.24) is 0 Å². The molecule has 0 aliphatic heterocycles. The van der Waals surface area contributed by atoms with Crippen LogP contribution in [0.5, 0.6) is 0 Å². The number of carbonyl (C=O) groups excluding carboxylic acids is 1. The van der Waals surface area contributed by atoms with Gasteiger partial charge < -0.3 is 0 Å². The number of ketones is 1. The van der Waals surface area contributed by atoms with Gasteiger partial charge in [0.2, 0.25) is 0 Å². The molecule has 0 radical (unpaired) electrons. The topological polar surface area (TPSA) is 17.1 Å². The molecule has 2 aliphatic rings. The summed E-state index contributed by atoms with van der Waals surface area (Å²) < 4.78 is 0. The molecular formula is C10H16O. The smallest absolute Gasteiger partial charge is 0.133 e. The molecule has 62 valence electrons. The van der Waals surface area contributed by atoms with E-state index in [0.717, 1.165) is 11.8 Å². The van der Waals surface area contributed by atoms with Gasteiger partial charge in [-0.05, 0) is 31.6 Å². The van der Waals surface area contributed by atoms with Gasteiger partial charge in [-0.2, -0.15) is 0 Å². The molecule has 11 heavy (non-hydrogen) atoms. The predicted molar refractivity (Wildman–Crippen MR) is 44.2 cm³/mol. The van der Waals surface area contributed by atoms with Gasteiger partial charge in [0.25, 0.3) is 0 Å². The highest BCUT2D eigenvalue weighted by atomic mass is 16.1. The minimum atomic E-state index is 0.438. The van der Waals surface area contributed by atoms with Gasteiger partial charge in [0.15, 0.2) is 0 Å². The van der Waals surface area contributed by atoms with Crippen LogP contribution in [0.1, 0.15) is 39.0 Å². The molecule has 0 aromatic heterocycles.